The Kier molecular flexibility index (Phi) is 5.20. The molecule has 124 valence electrons. The number of hydrogen-bond acceptors (Lipinski definition) is 3. The number of ether oxygens (including phenoxy) is 2. The van der Waals surface area contributed by atoms with Crippen LogP contribution in [0, 0.1) is 0 Å². The Morgan fingerprint density at radius 1 is 1.08 bits per heavy atom. The lowest BCUT2D eigenvalue weighted by Crippen LogP contribution is -2.07. The van der Waals surface area contributed by atoms with Gasteiger partial charge in [0.1, 0.15) is 5.82 Å². The molecule has 0 unspecified atom stereocenters. The van der Waals surface area contributed by atoms with Gasteiger partial charge in [-0.25, -0.2) is 4.98 Å². The third-order valence-corrected chi connectivity index (χ3v) is 4.37. The van der Waals surface area contributed by atoms with Crippen LogP contribution in [0.25, 0.3) is 0 Å². The molecule has 0 amide bonds. The molecular formula is C19H19BrN2O2. The summed E-state index contributed by atoms with van der Waals surface area (Å²) in [5.41, 5.74) is 2.28. The minimum atomic E-state index is 0.684. The maximum Gasteiger partial charge on any atom is 0.165 e. The van der Waals surface area contributed by atoms with E-state index in [2.05, 4.69) is 37.6 Å². The van der Waals surface area contributed by atoms with Crippen molar-refractivity contribution in [1.29, 1.82) is 0 Å². The summed E-state index contributed by atoms with van der Waals surface area (Å²) in [5.74, 6) is 2.52. The molecule has 24 heavy (non-hydrogen) atoms. The fraction of sp³-hybridized carbons (Fsp3) is 0.211. The number of benzene rings is 2. The second-order valence-electron chi connectivity index (χ2n) is 5.43. The molecule has 0 fully saturated rings. The zero-order valence-electron chi connectivity index (χ0n) is 13.7. The van der Waals surface area contributed by atoms with E-state index < -0.39 is 0 Å². The summed E-state index contributed by atoms with van der Waals surface area (Å²) < 4.78 is 14.1. The van der Waals surface area contributed by atoms with E-state index in [9.17, 15) is 0 Å². The molecule has 4 nitrogen and oxygen atoms in total. The molecule has 5 heteroatoms. The van der Waals surface area contributed by atoms with Crippen LogP contribution < -0.4 is 9.47 Å². The van der Waals surface area contributed by atoms with E-state index in [1.165, 1.54) is 5.56 Å². The van der Waals surface area contributed by atoms with Gasteiger partial charge in [-0.3, -0.25) is 0 Å². The van der Waals surface area contributed by atoms with Crippen molar-refractivity contribution in [2.75, 3.05) is 14.2 Å². The van der Waals surface area contributed by atoms with Crippen molar-refractivity contribution in [3.63, 3.8) is 0 Å². The summed E-state index contributed by atoms with van der Waals surface area (Å²) in [6.45, 7) is 0.684. The monoisotopic (exact) mass is 386 g/mol. The van der Waals surface area contributed by atoms with Crippen LogP contribution in [-0.4, -0.2) is 23.8 Å². The van der Waals surface area contributed by atoms with E-state index in [0.29, 0.717) is 6.54 Å². The maximum atomic E-state index is 5.53. The summed E-state index contributed by atoms with van der Waals surface area (Å²) in [4.78, 5) is 4.51. The van der Waals surface area contributed by atoms with Crippen molar-refractivity contribution in [3.8, 4) is 11.5 Å². The highest BCUT2D eigenvalue weighted by atomic mass is 79.9. The van der Waals surface area contributed by atoms with Crippen LogP contribution in [0.5, 0.6) is 11.5 Å². The van der Waals surface area contributed by atoms with Crippen LogP contribution in [0.1, 0.15) is 17.0 Å². The average Bonchev–Trinajstić information content (AvgIpc) is 3.01. The van der Waals surface area contributed by atoms with Crippen molar-refractivity contribution >= 4 is 15.9 Å². The summed E-state index contributed by atoms with van der Waals surface area (Å²) in [6.07, 6.45) is 4.60. The molecule has 0 aliphatic heterocycles. The minimum absolute atomic E-state index is 0.684. The summed E-state index contributed by atoms with van der Waals surface area (Å²) >= 11 is 3.52. The molecule has 2 aromatic carbocycles. The number of rotatable bonds is 6. The number of para-hydroxylation sites is 1. The Balaban J connectivity index is 1.86. The van der Waals surface area contributed by atoms with Crippen LogP contribution in [0.3, 0.4) is 0 Å². The van der Waals surface area contributed by atoms with Gasteiger partial charge in [-0.1, -0.05) is 40.2 Å². The summed E-state index contributed by atoms with van der Waals surface area (Å²) in [5, 5.41) is 0. The normalized spacial score (nSPS) is 10.6. The highest BCUT2D eigenvalue weighted by molar-refractivity contribution is 9.10. The standard InChI is InChI=1S/C19H19BrN2O2/c1-23-17-8-4-6-15(19(17)24-2)13-22-10-9-21-18(22)12-14-5-3-7-16(20)11-14/h3-11H,12-13H2,1-2H3. The van der Waals surface area contributed by atoms with Gasteiger partial charge in [0.25, 0.3) is 0 Å². The molecule has 0 radical (unpaired) electrons. The summed E-state index contributed by atoms with van der Waals surface area (Å²) in [7, 11) is 3.31. The fourth-order valence-corrected chi connectivity index (χ4v) is 3.19. The highest BCUT2D eigenvalue weighted by Gasteiger charge is 2.12. The molecule has 0 aliphatic rings. The molecule has 0 spiro atoms. The third-order valence-electron chi connectivity index (χ3n) is 3.88. The van der Waals surface area contributed by atoms with Crippen LogP contribution >= 0.6 is 15.9 Å². The largest absolute Gasteiger partial charge is 0.493 e. The molecule has 0 atom stereocenters. The Bertz CT molecular complexity index is 830. The number of nitrogens with zero attached hydrogens (tertiary/aromatic N) is 2. The molecule has 3 aromatic rings. The van der Waals surface area contributed by atoms with Crippen LogP contribution in [0.2, 0.25) is 0 Å². The number of imidazole rings is 1. The molecule has 1 aromatic heterocycles. The van der Waals surface area contributed by atoms with E-state index in [0.717, 1.165) is 33.8 Å². The zero-order chi connectivity index (χ0) is 16.9. The van der Waals surface area contributed by atoms with Crippen LogP contribution in [0.15, 0.2) is 59.3 Å². The molecular weight excluding hydrogens is 368 g/mol. The third kappa shape index (κ3) is 3.62. The Hall–Kier alpha value is -2.27. The molecule has 3 rings (SSSR count). The van der Waals surface area contributed by atoms with Crippen molar-refractivity contribution < 1.29 is 9.47 Å². The first kappa shape index (κ1) is 16.6. The minimum Gasteiger partial charge on any atom is -0.493 e. The topological polar surface area (TPSA) is 36.3 Å². The van der Waals surface area contributed by atoms with Gasteiger partial charge < -0.3 is 14.0 Å². The fourth-order valence-electron chi connectivity index (χ4n) is 2.74. The molecule has 0 saturated carbocycles. The van der Waals surface area contributed by atoms with Crippen LogP contribution in [-0.2, 0) is 13.0 Å². The molecule has 0 N–H and O–H groups in total. The van der Waals surface area contributed by atoms with Gasteiger partial charge in [-0.15, -0.1) is 0 Å². The van der Waals surface area contributed by atoms with E-state index in [4.69, 9.17) is 9.47 Å². The van der Waals surface area contributed by atoms with Crippen LogP contribution in [0.4, 0.5) is 0 Å². The maximum absolute atomic E-state index is 5.53. The van der Waals surface area contributed by atoms with Gasteiger partial charge in [0, 0.05) is 28.9 Å². The SMILES string of the molecule is COc1cccc(Cn2ccnc2Cc2cccc(Br)c2)c1OC. The van der Waals surface area contributed by atoms with Crippen molar-refractivity contribution in [3.05, 3.63) is 76.3 Å². The van der Waals surface area contributed by atoms with Crippen molar-refractivity contribution in [2.45, 2.75) is 13.0 Å². The number of methoxy groups -OCH3 is 2. The van der Waals surface area contributed by atoms with E-state index in [1.54, 1.807) is 14.2 Å². The lowest BCUT2D eigenvalue weighted by molar-refractivity contribution is 0.351. The molecule has 1 heterocycles. The smallest absolute Gasteiger partial charge is 0.165 e. The van der Waals surface area contributed by atoms with Gasteiger partial charge in [0.15, 0.2) is 11.5 Å². The number of halogens is 1. The predicted molar refractivity (Wildman–Crippen MR) is 97.8 cm³/mol. The second-order valence-corrected chi connectivity index (χ2v) is 6.35. The predicted octanol–water partition coefficient (Wildman–Crippen LogP) is 4.30. The van der Waals surface area contributed by atoms with E-state index in [1.807, 2.05) is 42.7 Å². The van der Waals surface area contributed by atoms with Gasteiger partial charge in [-0.2, -0.15) is 0 Å². The number of hydrogen-bond donors (Lipinski definition) is 0. The lowest BCUT2D eigenvalue weighted by Gasteiger charge is -2.14. The van der Waals surface area contributed by atoms with E-state index >= 15 is 0 Å². The Morgan fingerprint density at radius 2 is 1.92 bits per heavy atom. The van der Waals surface area contributed by atoms with Gasteiger partial charge >= 0.3 is 0 Å². The Morgan fingerprint density at radius 3 is 2.67 bits per heavy atom. The van der Waals surface area contributed by atoms with E-state index in [-0.39, 0.29) is 0 Å². The summed E-state index contributed by atoms with van der Waals surface area (Å²) in [6, 6.07) is 14.2. The average molecular weight is 387 g/mol. The molecule has 0 aliphatic carbocycles. The zero-order valence-corrected chi connectivity index (χ0v) is 15.3. The van der Waals surface area contributed by atoms with Gasteiger partial charge in [0.05, 0.1) is 20.8 Å². The number of aromatic nitrogens is 2. The van der Waals surface area contributed by atoms with Crippen molar-refractivity contribution in [2.24, 2.45) is 0 Å². The molecule has 0 bridgehead atoms. The second kappa shape index (κ2) is 7.53. The first-order valence-electron chi connectivity index (χ1n) is 7.65. The molecule has 0 saturated heterocycles. The Labute approximate surface area is 150 Å². The lowest BCUT2D eigenvalue weighted by atomic mass is 10.1. The van der Waals surface area contributed by atoms with Gasteiger partial charge in [0.2, 0.25) is 0 Å². The quantitative estimate of drug-likeness (QED) is 0.633. The first-order valence-corrected chi connectivity index (χ1v) is 8.45. The van der Waals surface area contributed by atoms with Gasteiger partial charge in [-0.05, 0) is 23.8 Å². The first-order chi connectivity index (χ1) is 11.7. The highest BCUT2D eigenvalue weighted by Crippen LogP contribution is 2.31. The van der Waals surface area contributed by atoms with Crippen molar-refractivity contribution in [1.82, 2.24) is 9.55 Å².